The summed E-state index contributed by atoms with van der Waals surface area (Å²) >= 11 is 0. The second-order valence-corrected chi connectivity index (χ2v) is 12.6. The molecule has 0 spiro atoms. The second kappa shape index (κ2) is 15.5. The summed E-state index contributed by atoms with van der Waals surface area (Å²) in [6.07, 6.45) is -0.341. The smallest absolute Gasteiger partial charge is 0.345 e. The molecule has 6 rings (SSSR count). The van der Waals surface area contributed by atoms with Gasteiger partial charge >= 0.3 is 5.97 Å². The van der Waals surface area contributed by atoms with E-state index in [0.717, 1.165) is 5.56 Å². The number of nitrogens with zero attached hydrogens (tertiary/aromatic N) is 1. The predicted octanol–water partition coefficient (Wildman–Crippen LogP) is 2.79. The van der Waals surface area contributed by atoms with Gasteiger partial charge < -0.3 is 45.7 Å². The highest BCUT2D eigenvalue weighted by molar-refractivity contribution is 5.94. The van der Waals surface area contributed by atoms with Crippen LogP contribution in [-0.2, 0) is 21.7 Å². The number of aliphatic hydroxyl groups excluding tert-OH is 1. The molecule has 2 amide bonds. The zero-order valence-corrected chi connectivity index (χ0v) is 28.0. The van der Waals surface area contributed by atoms with Gasteiger partial charge in [0.25, 0.3) is 11.8 Å². The first-order valence-electron chi connectivity index (χ1n) is 16.7. The third-order valence-electron chi connectivity index (χ3n) is 9.14. The Balaban J connectivity index is 0.964. The number of likely N-dealkylation sites (tertiary alicyclic amines) is 1. The molecule has 1 aliphatic heterocycles. The number of carbonyl (C=O) groups is 3. The number of H-pyrrole nitrogens is 1. The van der Waals surface area contributed by atoms with E-state index in [-0.39, 0.29) is 64.7 Å². The van der Waals surface area contributed by atoms with Crippen molar-refractivity contribution in [2.24, 2.45) is 0 Å². The number of benzene rings is 4. The number of hydrogen-bond donors (Lipinski definition) is 7. The standard InChI is InChI=1S/C39H38N4O9/c44-32-15-13-30(31-14-16-34(46)42-36(31)32)33(45)21-40-20-24-9-11-25(12-10-24)37(48)41-28-17-18-43(22-28)35(47)23-52-29-8-4-7-27(19-29)39(51,38(49)50)26-5-2-1-3-6-26/h1-16,19,28,33,40,44-45,51H,17-18,20-23H2,(H,41,48)(H,42,46)(H,49,50)/t28-,33+,39+/m1/s1. The van der Waals surface area contributed by atoms with Gasteiger partial charge in [-0.15, -0.1) is 0 Å². The molecular weight excluding hydrogens is 668 g/mol. The number of aromatic hydroxyl groups is 1. The summed E-state index contributed by atoms with van der Waals surface area (Å²) in [6.45, 7) is 1.05. The van der Waals surface area contributed by atoms with Gasteiger partial charge in [-0.3, -0.25) is 14.4 Å². The van der Waals surface area contributed by atoms with E-state index in [1.807, 2.05) is 12.1 Å². The third kappa shape index (κ3) is 7.81. The first kappa shape index (κ1) is 35.8. The second-order valence-electron chi connectivity index (χ2n) is 12.6. The van der Waals surface area contributed by atoms with Crippen LogP contribution in [0.5, 0.6) is 11.5 Å². The number of carboxylic acid groups (broad SMARTS) is 1. The number of phenols is 1. The normalized spacial score (nSPS) is 15.9. The average Bonchev–Trinajstić information content (AvgIpc) is 3.63. The molecule has 1 saturated heterocycles. The van der Waals surface area contributed by atoms with Crippen molar-refractivity contribution in [3.8, 4) is 11.5 Å². The van der Waals surface area contributed by atoms with Crippen LogP contribution in [0.15, 0.2) is 108 Å². The number of hydrogen-bond acceptors (Lipinski definition) is 9. The Hall–Kier alpha value is -6.02. The van der Waals surface area contributed by atoms with Crippen LogP contribution in [0.25, 0.3) is 10.9 Å². The Morgan fingerprint density at radius 3 is 2.44 bits per heavy atom. The highest BCUT2D eigenvalue weighted by Crippen LogP contribution is 2.32. The minimum atomic E-state index is -2.30. The van der Waals surface area contributed by atoms with E-state index in [1.54, 1.807) is 59.5 Å². The molecule has 1 aromatic heterocycles. The van der Waals surface area contributed by atoms with Gasteiger partial charge in [-0.05, 0) is 59.5 Å². The minimum absolute atomic E-state index is 0.0797. The number of aromatic nitrogens is 1. The summed E-state index contributed by atoms with van der Waals surface area (Å²) in [6, 6.07) is 26.7. The summed E-state index contributed by atoms with van der Waals surface area (Å²) in [7, 11) is 0. The van der Waals surface area contributed by atoms with E-state index >= 15 is 0 Å². The number of aromatic amines is 1. The molecule has 1 fully saturated rings. The van der Waals surface area contributed by atoms with Crippen molar-refractivity contribution in [1.29, 1.82) is 0 Å². The number of aliphatic hydroxyl groups is 2. The monoisotopic (exact) mass is 706 g/mol. The summed E-state index contributed by atoms with van der Waals surface area (Å²) in [5, 5.41) is 48.6. The van der Waals surface area contributed by atoms with E-state index in [0.29, 0.717) is 42.6 Å². The molecule has 3 atom stereocenters. The predicted molar refractivity (Wildman–Crippen MR) is 191 cm³/mol. The Labute approximate surface area is 298 Å². The Kier molecular flexibility index (Phi) is 10.7. The fraction of sp³-hybridized carbons (Fsp3) is 0.231. The van der Waals surface area contributed by atoms with Gasteiger partial charge in [0.1, 0.15) is 11.5 Å². The molecule has 2 heterocycles. The third-order valence-corrected chi connectivity index (χ3v) is 9.14. The number of rotatable bonds is 13. The zero-order chi connectivity index (χ0) is 36.8. The number of phenolic OH excluding ortho intramolecular Hbond substituents is 1. The van der Waals surface area contributed by atoms with Crippen LogP contribution in [0.2, 0.25) is 0 Å². The lowest BCUT2D eigenvalue weighted by molar-refractivity contribution is -0.155. The summed E-state index contributed by atoms with van der Waals surface area (Å²) in [5.74, 6) is -1.87. The fourth-order valence-electron chi connectivity index (χ4n) is 6.30. The van der Waals surface area contributed by atoms with Gasteiger partial charge in [-0.1, -0.05) is 60.7 Å². The minimum Gasteiger partial charge on any atom is -0.506 e. The maximum Gasteiger partial charge on any atom is 0.345 e. The van der Waals surface area contributed by atoms with Gasteiger partial charge in [0, 0.05) is 54.8 Å². The topological polar surface area (TPSA) is 202 Å². The summed E-state index contributed by atoms with van der Waals surface area (Å²) < 4.78 is 5.69. The van der Waals surface area contributed by atoms with Crippen molar-refractivity contribution >= 4 is 28.7 Å². The number of carboxylic acids is 1. The number of nitrogens with one attached hydrogen (secondary N) is 3. The molecule has 4 aromatic carbocycles. The molecule has 52 heavy (non-hydrogen) atoms. The van der Waals surface area contributed by atoms with Crippen molar-refractivity contribution in [1.82, 2.24) is 20.5 Å². The van der Waals surface area contributed by atoms with Crippen LogP contribution >= 0.6 is 0 Å². The maximum absolute atomic E-state index is 13.0. The van der Waals surface area contributed by atoms with Crippen molar-refractivity contribution in [2.75, 3.05) is 26.2 Å². The number of ether oxygens (including phenoxy) is 1. The van der Waals surface area contributed by atoms with Crippen LogP contribution < -0.4 is 20.9 Å². The number of pyridine rings is 1. The quantitative estimate of drug-likeness (QED) is 0.0955. The SMILES string of the molecule is O=C(N[C@@H]1CCN(C(=O)COc2cccc([C@](O)(C(=O)O)c3ccccc3)c2)C1)c1ccc(CNC[C@H](O)c2ccc(O)c3[nH]c(=O)ccc23)cc1. The van der Waals surface area contributed by atoms with Crippen LogP contribution in [0.1, 0.15) is 45.1 Å². The highest BCUT2D eigenvalue weighted by Gasteiger charge is 2.40. The molecule has 0 bridgehead atoms. The molecule has 13 nitrogen and oxygen atoms in total. The average molecular weight is 707 g/mol. The van der Waals surface area contributed by atoms with Crippen LogP contribution in [0, 0.1) is 0 Å². The first-order chi connectivity index (χ1) is 25.0. The van der Waals surface area contributed by atoms with E-state index in [9.17, 15) is 39.6 Å². The molecule has 13 heteroatoms. The highest BCUT2D eigenvalue weighted by atomic mass is 16.5. The van der Waals surface area contributed by atoms with E-state index < -0.39 is 17.7 Å². The molecule has 0 aliphatic carbocycles. The van der Waals surface area contributed by atoms with E-state index in [1.165, 1.54) is 36.4 Å². The van der Waals surface area contributed by atoms with Gasteiger partial charge in [0.05, 0.1) is 11.6 Å². The molecular formula is C39H38N4O9. The van der Waals surface area contributed by atoms with Crippen LogP contribution in [0.3, 0.4) is 0 Å². The molecule has 268 valence electrons. The summed E-state index contributed by atoms with van der Waals surface area (Å²) in [5.41, 5.74) is -0.219. The Morgan fingerprint density at radius 2 is 1.69 bits per heavy atom. The van der Waals surface area contributed by atoms with Gasteiger partial charge in [-0.2, -0.15) is 0 Å². The number of fused-ring (bicyclic) bond motifs is 1. The van der Waals surface area contributed by atoms with E-state index in [2.05, 4.69) is 15.6 Å². The van der Waals surface area contributed by atoms with Gasteiger partial charge in [-0.25, -0.2) is 4.79 Å². The lowest BCUT2D eigenvalue weighted by Crippen LogP contribution is -2.39. The van der Waals surface area contributed by atoms with Gasteiger partial charge in [0.15, 0.2) is 6.61 Å². The lowest BCUT2D eigenvalue weighted by atomic mass is 9.86. The van der Waals surface area contributed by atoms with Crippen LogP contribution in [-0.4, -0.2) is 80.4 Å². The maximum atomic E-state index is 13.0. The van der Waals surface area contributed by atoms with Crippen molar-refractivity contribution < 1.29 is 39.5 Å². The molecule has 0 radical (unpaired) electrons. The van der Waals surface area contributed by atoms with Crippen molar-refractivity contribution in [2.45, 2.75) is 30.7 Å². The molecule has 0 saturated carbocycles. The molecule has 5 aromatic rings. The molecule has 1 aliphatic rings. The van der Waals surface area contributed by atoms with Crippen LogP contribution in [0.4, 0.5) is 0 Å². The number of amides is 2. The van der Waals surface area contributed by atoms with Gasteiger partial charge in [0.2, 0.25) is 11.2 Å². The lowest BCUT2D eigenvalue weighted by Gasteiger charge is -2.25. The first-order valence-corrected chi connectivity index (χ1v) is 16.7. The van der Waals surface area contributed by atoms with Crippen molar-refractivity contribution in [3.63, 3.8) is 0 Å². The van der Waals surface area contributed by atoms with E-state index in [4.69, 9.17) is 4.74 Å². The Morgan fingerprint density at radius 1 is 0.942 bits per heavy atom. The largest absolute Gasteiger partial charge is 0.506 e. The zero-order valence-electron chi connectivity index (χ0n) is 28.0. The summed E-state index contributed by atoms with van der Waals surface area (Å²) in [4.78, 5) is 53.9. The molecule has 7 N–H and O–H groups in total. The Bertz CT molecular complexity index is 2140. The number of carbonyl (C=O) groups excluding carboxylic acids is 2. The fourth-order valence-corrected chi connectivity index (χ4v) is 6.30. The molecule has 0 unspecified atom stereocenters. The van der Waals surface area contributed by atoms with Crippen molar-refractivity contribution in [3.05, 3.63) is 141 Å². The number of aliphatic carboxylic acids is 1.